The van der Waals surface area contributed by atoms with Gasteiger partial charge in [-0.05, 0) is 0 Å². The molecule has 3 amide bonds. The van der Waals surface area contributed by atoms with Gasteiger partial charge in [-0.1, -0.05) is 6.92 Å². The van der Waals surface area contributed by atoms with Gasteiger partial charge in [-0.15, -0.1) is 0 Å². The maximum atomic E-state index is 11.1. The fraction of sp³-hybridized carbons (Fsp3) is 0.667. The lowest BCUT2D eigenvalue weighted by molar-refractivity contribution is -0.129. The molecule has 0 aromatic rings. The van der Waals surface area contributed by atoms with E-state index in [4.69, 9.17) is 5.11 Å². The summed E-state index contributed by atoms with van der Waals surface area (Å²) in [5.74, 6) is -1.73. The minimum absolute atomic E-state index is 0.124. The molecular weight excluding hydrogens is 214 g/mol. The number of carbonyl (C=O) groups is 3. The molecule has 0 aliphatic carbocycles. The third-order valence-corrected chi connectivity index (χ3v) is 1.87. The summed E-state index contributed by atoms with van der Waals surface area (Å²) < 4.78 is 0. The Morgan fingerprint density at radius 3 is 2.19 bits per heavy atom. The highest BCUT2D eigenvalue weighted by molar-refractivity contribution is 5.88. The minimum atomic E-state index is -0.549. The largest absolute Gasteiger partial charge is 0.396 e. The fourth-order valence-electron chi connectivity index (χ4n) is 0.754. The number of amides is 3. The summed E-state index contributed by atoms with van der Waals surface area (Å²) in [5, 5.41) is 15.7. The number of hydrogen-bond acceptors (Lipinski definition) is 4. The van der Waals surface area contributed by atoms with Crippen molar-refractivity contribution in [2.45, 2.75) is 6.92 Å². The maximum Gasteiger partial charge on any atom is 0.239 e. The average Bonchev–Trinajstić information content (AvgIpc) is 2.31. The van der Waals surface area contributed by atoms with Crippen molar-refractivity contribution < 1.29 is 19.5 Å². The summed E-state index contributed by atoms with van der Waals surface area (Å²) >= 11 is 0. The van der Waals surface area contributed by atoms with Crippen molar-refractivity contribution in [2.75, 3.05) is 26.7 Å². The molecule has 7 nitrogen and oxygen atoms in total. The van der Waals surface area contributed by atoms with Gasteiger partial charge < -0.3 is 21.1 Å². The van der Waals surface area contributed by atoms with Crippen molar-refractivity contribution >= 4 is 17.7 Å². The van der Waals surface area contributed by atoms with Crippen LogP contribution in [-0.2, 0) is 14.4 Å². The third-order valence-electron chi connectivity index (χ3n) is 1.87. The summed E-state index contributed by atoms with van der Waals surface area (Å²) in [7, 11) is 1.46. The smallest absolute Gasteiger partial charge is 0.239 e. The van der Waals surface area contributed by atoms with Crippen LogP contribution < -0.4 is 16.0 Å². The highest BCUT2D eigenvalue weighted by atomic mass is 16.3. The number of aliphatic hydroxyl groups is 1. The Kier molecular flexibility index (Phi) is 6.86. The number of likely N-dealkylation sites (N-methyl/N-ethyl adjacent to an activating group) is 1. The van der Waals surface area contributed by atoms with Gasteiger partial charge in [-0.2, -0.15) is 0 Å². The molecule has 16 heavy (non-hydrogen) atoms. The summed E-state index contributed by atoms with van der Waals surface area (Å²) in [6.45, 7) is 0.935. The zero-order valence-corrected chi connectivity index (χ0v) is 9.37. The van der Waals surface area contributed by atoms with Gasteiger partial charge in [-0.3, -0.25) is 14.4 Å². The van der Waals surface area contributed by atoms with Crippen molar-refractivity contribution in [3.8, 4) is 0 Å². The first-order chi connectivity index (χ1) is 7.51. The second kappa shape index (κ2) is 7.63. The van der Waals surface area contributed by atoms with Crippen LogP contribution in [0.1, 0.15) is 6.92 Å². The first kappa shape index (κ1) is 14.4. The summed E-state index contributed by atoms with van der Waals surface area (Å²) in [6.07, 6.45) is 0. The number of nitrogens with one attached hydrogen (secondary N) is 3. The van der Waals surface area contributed by atoms with Crippen LogP contribution in [0.5, 0.6) is 0 Å². The first-order valence-corrected chi connectivity index (χ1v) is 4.87. The zero-order valence-electron chi connectivity index (χ0n) is 9.37. The minimum Gasteiger partial charge on any atom is -0.396 e. The monoisotopic (exact) mass is 231 g/mol. The molecule has 0 aliphatic rings. The molecule has 0 fully saturated rings. The van der Waals surface area contributed by atoms with Gasteiger partial charge in [-0.25, -0.2) is 0 Å². The molecule has 0 aliphatic heterocycles. The van der Waals surface area contributed by atoms with Gasteiger partial charge in [0, 0.05) is 7.05 Å². The summed E-state index contributed by atoms with van der Waals surface area (Å²) in [5.41, 5.74) is 0. The van der Waals surface area contributed by atoms with Crippen LogP contribution in [0, 0.1) is 5.92 Å². The van der Waals surface area contributed by atoms with E-state index in [1.54, 1.807) is 0 Å². The van der Waals surface area contributed by atoms with Gasteiger partial charge in [0.2, 0.25) is 17.7 Å². The Morgan fingerprint density at radius 2 is 1.69 bits per heavy atom. The topological polar surface area (TPSA) is 108 Å². The summed E-state index contributed by atoms with van der Waals surface area (Å²) in [6, 6.07) is 0. The maximum absolute atomic E-state index is 11.1. The number of carbonyl (C=O) groups excluding carboxylic acids is 3. The molecule has 7 heteroatoms. The zero-order chi connectivity index (χ0) is 12.6. The standard InChI is InChI=1S/C9H17N3O4/c1-6(5-13)9(16)12-4-8(15)11-3-7(14)10-2/h6,13H,3-5H2,1-2H3,(H,10,14)(H,11,15)(H,12,16). The molecule has 0 radical (unpaired) electrons. The van der Waals surface area contributed by atoms with E-state index in [-0.39, 0.29) is 25.6 Å². The van der Waals surface area contributed by atoms with Crippen LogP contribution >= 0.6 is 0 Å². The molecule has 0 aromatic heterocycles. The Labute approximate surface area is 93.6 Å². The molecule has 1 unspecified atom stereocenters. The summed E-state index contributed by atoms with van der Waals surface area (Å²) in [4.78, 5) is 33.0. The predicted octanol–water partition coefficient (Wildman–Crippen LogP) is -2.41. The van der Waals surface area contributed by atoms with Crippen LogP contribution in [0.15, 0.2) is 0 Å². The van der Waals surface area contributed by atoms with Crippen LogP contribution in [-0.4, -0.2) is 49.6 Å². The van der Waals surface area contributed by atoms with Crippen molar-refractivity contribution in [2.24, 2.45) is 5.92 Å². The van der Waals surface area contributed by atoms with E-state index in [0.29, 0.717) is 0 Å². The van der Waals surface area contributed by atoms with Crippen molar-refractivity contribution in [1.82, 2.24) is 16.0 Å². The molecule has 0 spiro atoms. The van der Waals surface area contributed by atoms with Crippen LogP contribution in [0.3, 0.4) is 0 Å². The Hall–Kier alpha value is -1.63. The van der Waals surface area contributed by atoms with Gasteiger partial charge in [0.1, 0.15) is 0 Å². The predicted molar refractivity (Wildman–Crippen MR) is 56.3 cm³/mol. The van der Waals surface area contributed by atoms with Gasteiger partial charge in [0.25, 0.3) is 0 Å². The third kappa shape index (κ3) is 5.97. The number of rotatable bonds is 6. The molecule has 1 atom stereocenters. The lowest BCUT2D eigenvalue weighted by Crippen LogP contribution is -2.42. The highest BCUT2D eigenvalue weighted by Gasteiger charge is 2.12. The van der Waals surface area contributed by atoms with Crippen molar-refractivity contribution in [1.29, 1.82) is 0 Å². The van der Waals surface area contributed by atoms with E-state index in [9.17, 15) is 14.4 Å². The molecule has 0 saturated heterocycles. The van der Waals surface area contributed by atoms with E-state index < -0.39 is 17.7 Å². The first-order valence-electron chi connectivity index (χ1n) is 4.87. The molecule has 0 aromatic carbocycles. The normalized spacial score (nSPS) is 11.4. The molecule has 0 bridgehead atoms. The molecule has 0 heterocycles. The van der Waals surface area contributed by atoms with Crippen LogP contribution in [0.2, 0.25) is 0 Å². The SMILES string of the molecule is CNC(=O)CNC(=O)CNC(=O)C(C)CO. The van der Waals surface area contributed by atoms with E-state index in [2.05, 4.69) is 16.0 Å². The van der Waals surface area contributed by atoms with E-state index in [1.807, 2.05) is 0 Å². The Balaban J connectivity index is 3.73. The van der Waals surface area contributed by atoms with E-state index in [0.717, 1.165) is 0 Å². The van der Waals surface area contributed by atoms with Gasteiger partial charge >= 0.3 is 0 Å². The average molecular weight is 231 g/mol. The lowest BCUT2D eigenvalue weighted by Gasteiger charge is -2.09. The quantitative estimate of drug-likeness (QED) is 0.408. The van der Waals surface area contributed by atoms with Crippen molar-refractivity contribution in [3.05, 3.63) is 0 Å². The molecule has 92 valence electrons. The molecule has 4 N–H and O–H groups in total. The second-order valence-electron chi connectivity index (χ2n) is 3.25. The molecular formula is C9H17N3O4. The number of aliphatic hydroxyl groups excluding tert-OH is 1. The lowest BCUT2D eigenvalue weighted by atomic mass is 10.2. The fourth-order valence-corrected chi connectivity index (χ4v) is 0.754. The Bertz CT molecular complexity index is 267. The van der Waals surface area contributed by atoms with Crippen LogP contribution in [0.25, 0.3) is 0 Å². The number of hydrogen-bond donors (Lipinski definition) is 4. The van der Waals surface area contributed by atoms with Crippen LogP contribution in [0.4, 0.5) is 0 Å². The van der Waals surface area contributed by atoms with E-state index >= 15 is 0 Å². The second-order valence-corrected chi connectivity index (χ2v) is 3.25. The highest BCUT2D eigenvalue weighted by Crippen LogP contribution is 1.90. The Morgan fingerprint density at radius 1 is 1.12 bits per heavy atom. The molecule has 0 rings (SSSR count). The molecule has 0 saturated carbocycles. The van der Waals surface area contributed by atoms with E-state index in [1.165, 1.54) is 14.0 Å². The van der Waals surface area contributed by atoms with Crippen molar-refractivity contribution in [3.63, 3.8) is 0 Å². The van der Waals surface area contributed by atoms with Gasteiger partial charge in [0.05, 0.1) is 25.6 Å². The van der Waals surface area contributed by atoms with Gasteiger partial charge in [0.15, 0.2) is 0 Å².